The van der Waals surface area contributed by atoms with Crippen LogP contribution in [-0.2, 0) is 49.5 Å². The molecule has 6 rings (SSSR count). The van der Waals surface area contributed by atoms with Gasteiger partial charge in [0.25, 0.3) is 0 Å². The molecular weight excluding hydrogens is 857 g/mol. The average molecular weight is 911 g/mol. The zero-order chi connectivity index (χ0) is 44.0. The van der Waals surface area contributed by atoms with Crippen LogP contribution in [0.3, 0.4) is 0 Å². The molecule has 0 N–H and O–H groups in total. The zero-order valence-electron chi connectivity index (χ0n) is 35.0. The number of hydrogen-bond acceptors (Lipinski definition) is 4. The minimum absolute atomic E-state index is 0.00302. The van der Waals surface area contributed by atoms with Crippen LogP contribution >= 0.6 is 0 Å². The number of nitrogens with zero attached hydrogens (tertiary/aromatic N) is 2. The van der Waals surface area contributed by atoms with Crippen LogP contribution in [0.4, 0.5) is 17.6 Å². The Hall–Kier alpha value is -3.91. The summed E-state index contributed by atoms with van der Waals surface area (Å²) < 4.78 is 124. The molecular formula is C48H54F4N2O4S2Ti. The number of allylic oxidation sites excluding steroid dienone is 8. The molecule has 0 aliphatic heterocycles. The van der Waals surface area contributed by atoms with Crippen LogP contribution in [0.1, 0.15) is 51.7 Å². The predicted molar refractivity (Wildman–Crippen MR) is 233 cm³/mol. The van der Waals surface area contributed by atoms with Crippen molar-refractivity contribution in [1.82, 2.24) is 8.61 Å². The van der Waals surface area contributed by atoms with Crippen LogP contribution in [0.2, 0.25) is 8.45 Å². The first-order chi connectivity index (χ1) is 29.1. The summed E-state index contributed by atoms with van der Waals surface area (Å²) in [4.78, 5) is 0.297. The van der Waals surface area contributed by atoms with E-state index in [2.05, 4.69) is 0 Å². The van der Waals surface area contributed by atoms with Gasteiger partial charge in [0.2, 0.25) is 0 Å². The van der Waals surface area contributed by atoms with Gasteiger partial charge in [-0.05, 0) is 0 Å². The Bertz CT molecular complexity index is 2310. The van der Waals surface area contributed by atoms with Gasteiger partial charge in [0.15, 0.2) is 0 Å². The Morgan fingerprint density at radius 1 is 0.525 bits per heavy atom. The molecule has 0 spiro atoms. The van der Waals surface area contributed by atoms with E-state index >= 15 is 17.6 Å². The third kappa shape index (κ3) is 10.0. The van der Waals surface area contributed by atoms with Gasteiger partial charge in [-0.1, -0.05) is 0 Å². The predicted octanol–water partition coefficient (Wildman–Crippen LogP) is 9.74. The molecule has 0 unspecified atom stereocenters. The Balaban J connectivity index is 1.39. The normalized spacial score (nSPS) is 14.9. The third-order valence-electron chi connectivity index (χ3n) is 11.3. The van der Waals surface area contributed by atoms with Gasteiger partial charge in [0, 0.05) is 0 Å². The Labute approximate surface area is 362 Å². The molecule has 0 saturated heterocycles. The van der Waals surface area contributed by atoms with E-state index in [1.54, 1.807) is 85.0 Å². The SMILES string of the molecule is CC(C)CN(CCCc1ccc(F)[c]([Ti]([c]2c(F)ccc(CCCN(CC(C)C)S(=O)(=O)c3ccccc3)c2F)([CH]2C=CC=C2)[CH]2C=CC=C2)c1F)S(=O)(=O)c1ccccc1. The number of sulfonamides is 2. The van der Waals surface area contributed by atoms with Crippen molar-refractivity contribution in [2.24, 2.45) is 11.8 Å². The van der Waals surface area contributed by atoms with E-state index in [9.17, 15) is 16.8 Å². The van der Waals surface area contributed by atoms with Gasteiger partial charge in [-0.15, -0.1) is 0 Å². The van der Waals surface area contributed by atoms with Gasteiger partial charge < -0.3 is 0 Å². The Morgan fingerprint density at radius 3 is 1.20 bits per heavy atom. The van der Waals surface area contributed by atoms with Crippen LogP contribution in [0.25, 0.3) is 0 Å². The molecule has 6 nitrogen and oxygen atoms in total. The quantitative estimate of drug-likeness (QED) is 0.0655. The second-order valence-electron chi connectivity index (χ2n) is 16.6. The summed E-state index contributed by atoms with van der Waals surface area (Å²) in [6.07, 6.45) is 14.5. The second-order valence-corrected chi connectivity index (χ2v) is 26.8. The van der Waals surface area contributed by atoms with Gasteiger partial charge in [0.05, 0.1) is 0 Å². The standard InChI is InChI=1S/2C19H22F2NO2S.2C5H5.Ti/c2*1-15(2)14-22(25(23,24)18-8-4-3-5-9-18)12-6-7-16-10-11-17(20)13-19(16)21;2*1-2-4-5-3-1;/h2*3-5,8-11,15H,6-7,12,14H2,1-2H3;2*1-5H;. The molecule has 13 heteroatoms. The minimum atomic E-state index is -5.11. The fourth-order valence-corrected chi connectivity index (χ4v) is 20.8. The van der Waals surface area contributed by atoms with Crippen molar-refractivity contribution in [3.8, 4) is 0 Å². The van der Waals surface area contributed by atoms with Gasteiger partial charge in [-0.2, -0.15) is 0 Å². The molecule has 324 valence electrons. The van der Waals surface area contributed by atoms with Crippen molar-refractivity contribution in [3.63, 3.8) is 0 Å². The Kier molecular flexibility index (Phi) is 15.3. The van der Waals surface area contributed by atoms with E-state index in [0.29, 0.717) is 0 Å². The molecule has 4 aromatic carbocycles. The molecule has 0 atom stereocenters. The average Bonchev–Trinajstić information content (AvgIpc) is 3.98. The molecule has 0 radical (unpaired) electrons. The van der Waals surface area contributed by atoms with Crippen molar-refractivity contribution in [2.75, 3.05) is 26.2 Å². The maximum absolute atomic E-state index is 17.5. The van der Waals surface area contributed by atoms with E-state index < -0.39 is 68.3 Å². The number of halogens is 4. The number of aryl methyl sites for hydroxylation is 2. The number of rotatable bonds is 20. The molecule has 0 bridgehead atoms. The van der Waals surface area contributed by atoms with E-state index in [-0.39, 0.29) is 92.4 Å². The molecule has 0 amide bonds. The monoisotopic (exact) mass is 910 g/mol. The summed E-state index contributed by atoms with van der Waals surface area (Å²) in [5.74, 6) is -3.52. The van der Waals surface area contributed by atoms with Crippen LogP contribution in [0.15, 0.2) is 143 Å². The van der Waals surface area contributed by atoms with E-state index in [0.717, 1.165) is 0 Å². The van der Waals surface area contributed by atoms with Crippen molar-refractivity contribution < 1.29 is 51.0 Å². The molecule has 2 aliphatic carbocycles. The first-order valence-corrected chi connectivity index (χ1v) is 27.1. The van der Waals surface area contributed by atoms with Crippen molar-refractivity contribution in [2.45, 2.75) is 71.6 Å². The van der Waals surface area contributed by atoms with Crippen molar-refractivity contribution in [1.29, 1.82) is 0 Å². The molecule has 2 aliphatic rings. The first-order valence-electron chi connectivity index (χ1n) is 20.8. The summed E-state index contributed by atoms with van der Waals surface area (Å²) >= 11 is -5.11. The van der Waals surface area contributed by atoms with Gasteiger partial charge in [-0.25, -0.2) is 0 Å². The molecule has 61 heavy (non-hydrogen) atoms. The molecule has 4 aromatic rings. The number of benzene rings is 4. The number of hydrogen-bond donors (Lipinski definition) is 0. The second kappa shape index (κ2) is 20.1. The topological polar surface area (TPSA) is 74.8 Å². The van der Waals surface area contributed by atoms with E-state index in [1.165, 1.54) is 57.1 Å². The van der Waals surface area contributed by atoms with Crippen LogP contribution in [0, 0.1) is 35.1 Å². The van der Waals surface area contributed by atoms with Gasteiger partial charge in [0.1, 0.15) is 0 Å². The van der Waals surface area contributed by atoms with Gasteiger partial charge >= 0.3 is 365 Å². The first kappa shape index (κ1) is 46.6. The summed E-state index contributed by atoms with van der Waals surface area (Å²) in [5, 5.41) is 0. The maximum atomic E-state index is 17.5. The summed E-state index contributed by atoms with van der Waals surface area (Å²) in [7, 11) is -7.73. The van der Waals surface area contributed by atoms with Crippen LogP contribution in [0.5, 0.6) is 0 Å². The van der Waals surface area contributed by atoms with Crippen molar-refractivity contribution in [3.05, 3.63) is 168 Å². The summed E-state index contributed by atoms with van der Waals surface area (Å²) in [6.45, 7) is 8.26. The van der Waals surface area contributed by atoms with E-state index in [1.807, 2.05) is 27.7 Å². The fraction of sp³-hybridized carbons (Fsp3) is 0.333. The summed E-state index contributed by atoms with van der Waals surface area (Å²) in [5.41, 5.74) is 0.263. The van der Waals surface area contributed by atoms with Gasteiger partial charge in [-0.3, -0.25) is 0 Å². The van der Waals surface area contributed by atoms with Crippen LogP contribution < -0.4 is 7.74 Å². The van der Waals surface area contributed by atoms with E-state index in [4.69, 9.17) is 0 Å². The zero-order valence-corrected chi connectivity index (χ0v) is 38.2. The van der Waals surface area contributed by atoms with Crippen LogP contribution in [-0.4, -0.2) is 51.6 Å². The fourth-order valence-electron chi connectivity index (χ4n) is 8.63. The molecule has 0 aromatic heterocycles. The molecule has 0 fully saturated rings. The molecule has 0 heterocycles. The third-order valence-corrected chi connectivity index (χ3v) is 23.6. The summed E-state index contributed by atoms with van der Waals surface area (Å²) in [6, 6.07) is 21.2. The van der Waals surface area contributed by atoms with Crippen molar-refractivity contribution >= 4 is 27.8 Å². The molecule has 0 saturated carbocycles. The Morgan fingerprint density at radius 2 is 0.869 bits per heavy atom.